The van der Waals surface area contributed by atoms with Crippen LogP contribution in [0.1, 0.15) is 57.4 Å². The summed E-state index contributed by atoms with van der Waals surface area (Å²) in [7, 11) is -0.727. The molecule has 1 saturated carbocycles. The van der Waals surface area contributed by atoms with Gasteiger partial charge in [0.1, 0.15) is 0 Å². The SMILES string of the molecule is CC1(CNc2cccc(C[S@](=O)C3CCCCC3)c2)CCOCC1. The molecule has 134 valence electrons. The molecule has 1 heterocycles. The Hall–Kier alpha value is -0.870. The number of hydrogen-bond donors (Lipinski definition) is 1. The summed E-state index contributed by atoms with van der Waals surface area (Å²) < 4.78 is 18.1. The molecular formula is C20H31NO2S. The minimum absolute atomic E-state index is 0.319. The fourth-order valence-electron chi connectivity index (χ4n) is 3.74. The topological polar surface area (TPSA) is 38.3 Å². The maximum Gasteiger partial charge on any atom is 0.0489 e. The van der Waals surface area contributed by atoms with Crippen LogP contribution >= 0.6 is 0 Å². The lowest BCUT2D eigenvalue weighted by Crippen LogP contribution is -2.33. The number of benzene rings is 1. The van der Waals surface area contributed by atoms with Crippen molar-refractivity contribution in [1.29, 1.82) is 0 Å². The van der Waals surface area contributed by atoms with E-state index < -0.39 is 10.8 Å². The van der Waals surface area contributed by atoms with Crippen LogP contribution in [0.2, 0.25) is 0 Å². The number of rotatable bonds is 6. The van der Waals surface area contributed by atoms with Gasteiger partial charge in [-0.25, -0.2) is 0 Å². The van der Waals surface area contributed by atoms with Crippen molar-refractivity contribution in [2.45, 2.75) is 62.9 Å². The van der Waals surface area contributed by atoms with Gasteiger partial charge in [0.25, 0.3) is 0 Å². The molecule has 0 radical (unpaired) electrons. The van der Waals surface area contributed by atoms with Crippen LogP contribution in [0.4, 0.5) is 5.69 Å². The van der Waals surface area contributed by atoms with Crippen LogP contribution in [0.5, 0.6) is 0 Å². The van der Waals surface area contributed by atoms with Gasteiger partial charge in [0, 0.05) is 47.2 Å². The van der Waals surface area contributed by atoms with E-state index in [4.69, 9.17) is 4.74 Å². The van der Waals surface area contributed by atoms with Gasteiger partial charge < -0.3 is 10.1 Å². The van der Waals surface area contributed by atoms with Crippen molar-refractivity contribution < 1.29 is 8.95 Å². The molecule has 1 aromatic rings. The molecule has 0 amide bonds. The van der Waals surface area contributed by atoms with Crippen LogP contribution < -0.4 is 5.32 Å². The van der Waals surface area contributed by atoms with Crippen LogP contribution in [-0.4, -0.2) is 29.2 Å². The van der Waals surface area contributed by atoms with Crippen LogP contribution in [0.15, 0.2) is 24.3 Å². The highest BCUT2D eigenvalue weighted by Gasteiger charge is 2.27. The molecule has 0 aromatic heterocycles. The summed E-state index contributed by atoms with van der Waals surface area (Å²) in [6.45, 7) is 5.06. The van der Waals surface area contributed by atoms with Crippen LogP contribution in [-0.2, 0) is 21.3 Å². The van der Waals surface area contributed by atoms with E-state index in [1.807, 2.05) is 0 Å². The molecule has 3 nitrogen and oxygen atoms in total. The van der Waals surface area contributed by atoms with Gasteiger partial charge in [-0.15, -0.1) is 0 Å². The van der Waals surface area contributed by atoms with E-state index in [-0.39, 0.29) is 0 Å². The molecule has 2 fully saturated rings. The largest absolute Gasteiger partial charge is 0.384 e. The molecule has 0 spiro atoms. The summed E-state index contributed by atoms with van der Waals surface area (Å²) in [5.74, 6) is 0.700. The number of nitrogens with one attached hydrogen (secondary N) is 1. The van der Waals surface area contributed by atoms with Crippen molar-refractivity contribution in [3.63, 3.8) is 0 Å². The Morgan fingerprint density at radius 3 is 2.71 bits per heavy atom. The molecule has 1 saturated heterocycles. The maximum atomic E-state index is 12.6. The van der Waals surface area contributed by atoms with E-state index >= 15 is 0 Å². The Kier molecular flexibility index (Phi) is 6.34. The van der Waals surface area contributed by atoms with Gasteiger partial charge in [0.05, 0.1) is 0 Å². The lowest BCUT2D eigenvalue weighted by atomic mass is 9.82. The van der Waals surface area contributed by atoms with Crippen molar-refractivity contribution in [1.82, 2.24) is 0 Å². The Labute approximate surface area is 149 Å². The first-order chi connectivity index (χ1) is 11.6. The van der Waals surface area contributed by atoms with Crippen molar-refractivity contribution in [2.24, 2.45) is 5.41 Å². The van der Waals surface area contributed by atoms with E-state index in [9.17, 15) is 4.21 Å². The first kappa shape index (κ1) is 17.9. The zero-order valence-corrected chi connectivity index (χ0v) is 15.7. The predicted molar refractivity (Wildman–Crippen MR) is 102 cm³/mol. The molecule has 1 atom stereocenters. The molecule has 1 aromatic carbocycles. The average Bonchev–Trinajstić information content (AvgIpc) is 2.62. The number of anilines is 1. The van der Waals surface area contributed by atoms with Crippen molar-refractivity contribution in [2.75, 3.05) is 25.1 Å². The summed E-state index contributed by atoms with van der Waals surface area (Å²) in [5.41, 5.74) is 2.67. The second-order valence-corrected chi connectivity index (χ2v) is 9.48. The Bertz CT molecular complexity index is 548. The molecule has 1 N–H and O–H groups in total. The molecule has 3 rings (SSSR count). The molecule has 1 aliphatic carbocycles. The van der Waals surface area contributed by atoms with Crippen LogP contribution in [0.25, 0.3) is 0 Å². The highest BCUT2D eigenvalue weighted by Crippen LogP contribution is 2.30. The van der Waals surface area contributed by atoms with Crippen molar-refractivity contribution in [3.05, 3.63) is 29.8 Å². The minimum atomic E-state index is -0.727. The van der Waals surface area contributed by atoms with E-state index in [1.165, 1.54) is 24.8 Å². The summed E-state index contributed by atoms with van der Waals surface area (Å²) in [5, 5.41) is 4.01. The van der Waals surface area contributed by atoms with Gasteiger partial charge in [-0.2, -0.15) is 0 Å². The lowest BCUT2D eigenvalue weighted by Gasteiger charge is -2.34. The summed E-state index contributed by atoms with van der Waals surface area (Å²) in [6, 6.07) is 8.50. The molecule has 24 heavy (non-hydrogen) atoms. The van der Waals surface area contributed by atoms with Gasteiger partial charge in [-0.05, 0) is 48.8 Å². The zero-order chi connectivity index (χ0) is 16.8. The standard InChI is InChI=1S/C20H31NO2S/c1-20(10-12-23-13-11-20)16-21-18-7-5-6-17(14-18)15-24(22)19-8-3-2-4-9-19/h5-7,14,19,21H,2-4,8-13,15-16H2,1H3/t24-/m0/s1. The summed E-state index contributed by atoms with van der Waals surface area (Å²) in [4.78, 5) is 0. The normalized spacial score (nSPS) is 22.9. The first-order valence-corrected chi connectivity index (χ1v) is 10.8. The highest BCUT2D eigenvalue weighted by atomic mass is 32.2. The Balaban J connectivity index is 1.54. The predicted octanol–water partition coefficient (Wildman–Crippen LogP) is 4.50. The van der Waals surface area contributed by atoms with Crippen molar-refractivity contribution >= 4 is 16.5 Å². The number of ether oxygens (including phenoxy) is 1. The van der Waals surface area contributed by atoms with Gasteiger partial charge in [-0.1, -0.05) is 38.3 Å². The molecule has 0 unspecified atom stereocenters. The van der Waals surface area contributed by atoms with Crippen molar-refractivity contribution in [3.8, 4) is 0 Å². The van der Waals surface area contributed by atoms with Crippen LogP contribution in [0, 0.1) is 5.41 Å². The third kappa shape index (κ3) is 5.06. The second-order valence-electron chi connectivity index (χ2n) is 7.76. The molecular weight excluding hydrogens is 318 g/mol. The van der Waals surface area contributed by atoms with E-state index in [0.29, 0.717) is 16.4 Å². The maximum absolute atomic E-state index is 12.6. The van der Waals surface area contributed by atoms with Gasteiger partial charge in [0.2, 0.25) is 0 Å². The first-order valence-electron chi connectivity index (χ1n) is 9.42. The van der Waals surface area contributed by atoms with Gasteiger partial charge in [-0.3, -0.25) is 4.21 Å². The smallest absolute Gasteiger partial charge is 0.0489 e. The van der Waals surface area contributed by atoms with Crippen LogP contribution in [0.3, 0.4) is 0 Å². The minimum Gasteiger partial charge on any atom is -0.384 e. The number of hydrogen-bond acceptors (Lipinski definition) is 3. The van der Waals surface area contributed by atoms with E-state index in [0.717, 1.165) is 51.1 Å². The quantitative estimate of drug-likeness (QED) is 0.822. The van der Waals surface area contributed by atoms with E-state index in [1.54, 1.807) is 0 Å². The fraction of sp³-hybridized carbons (Fsp3) is 0.700. The monoisotopic (exact) mass is 349 g/mol. The van der Waals surface area contributed by atoms with E-state index in [2.05, 4.69) is 36.5 Å². The Morgan fingerprint density at radius 1 is 1.21 bits per heavy atom. The van der Waals surface area contributed by atoms with Gasteiger partial charge >= 0.3 is 0 Å². The second kappa shape index (κ2) is 8.48. The summed E-state index contributed by atoms with van der Waals surface area (Å²) >= 11 is 0. The molecule has 4 heteroatoms. The molecule has 0 bridgehead atoms. The zero-order valence-electron chi connectivity index (χ0n) is 14.9. The van der Waals surface area contributed by atoms with Gasteiger partial charge in [0.15, 0.2) is 0 Å². The third-order valence-corrected chi connectivity index (χ3v) is 7.41. The molecule has 1 aliphatic heterocycles. The Morgan fingerprint density at radius 2 is 1.96 bits per heavy atom. The summed E-state index contributed by atoms with van der Waals surface area (Å²) in [6.07, 6.45) is 8.34. The molecule has 2 aliphatic rings. The highest BCUT2D eigenvalue weighted by molar-refractivity contribution is 7.84. The average molecular weight is 350 g/mol. The lowest BCUT2D eigenvalue weighted by molar-refractivity contribution is 0.0300. The fourth-order valence-corrected chi connectivity index (χ4v) is 5.34. The third-order valence-electron chi connectivity index (χ3n) is 5.58.